The molecule has 2 rings (SSSR count). The van der Waals surface area contributed by atoms with Crippen LogP contribution >= 0.6 is 0 Å². The number of primary amides is 1. The maximum absolute atomic E-state index is 12.0. The molecule has 2 amide bonds. The van der Waals surface area contributed by atoms with Crippen molar-refractivity contribution in [2.24, 2.45) is 11.7 Å². The van der Waals surface area contributed by atoms with Crippen LogP contribution in [0, 0.1) is 5.92 Å². The summed E-state index contributed by atoms with van der Waals surface area (Å²) in [4.78, 5) is 24.6. The number of hydrogen-bond acceptors (Lipinski definition) is 6. The number of carbonyl (C=O) groups excluding carboxylic acids is 2. The van der Waals surface area contributed by atoms with E-state index in [2.05, 4.69) is 14.9 Å². The monoisotopic (exact) mass is 239 g/mol. The molecule has 17 heavy (non-hydrogen) atoms. The minimum Gasteiger partial charge on any atom is -0.379 e. The lowest BCUT2D eigenvalue weighted by atomic mass is 9.97. The largest absolute Gasteiger partial charge is 0.379 e. The molecule has 92 valence electrons. The Balaban J connectivity index is 2.10. The highest BCUT2D eigenvalue weighted by Gasteiger charge is 2.30. The summed E-state index contributed by atoms with van der Waals surface area (Å²) in [5.41, 5.74) is 10.6. The molecule has 0 aliphatic carbocycles. The molecule has 8 heteroatoms. The van der Waals surface area contributed by atoms with Gasteiger partial charge in [0.05, 0.1) is 5.92 Å². The van der Waals surface area contributed by atoms with Gasteiger partial charge in [-0.1, -0.05) is 0 Å². The smallest absolute Gasteiger partial charge is 0.280 e. The summed E-state index contributed by atoms with van der Waals surface area (Å²) < 4.78 is 4.37. The van der Waals surface area contributed by atoms with Gasteiger partial charge < -0.3 is 16.4 Å². The van der Waals surface area contributed by atoms with Crippen LogP contribution in [0.2, 0.25) is 0 Å². The zero-order valence-corrected chi connectivity index (χ0v) is 9.13. The summed E-state index contributed by atoms with van der Waals surface area (Å²) in [5, 5.41) is 6.78. The molecule has 4 N–H and O–H groups in total. The molecule has 1 saturated heterocycles. The lowest BCUT2D eigenvalue weighted by Gasteiger charge is -2.30. The van der Waals surface area contributed by atoms with Gasteiger partial charge in [0.1, 0.15) is 0 Å². The van der Waals surface area contributed by atoms with Crippen molar-refractivity contribution >= 4 is 17.6 Å². The summed E-state index contributed by atoms with van der Waals surface area (Å²) >= 11 is 0. The van der Waals surface area contributed by atoms with Gasteiger partial charge in [0.15, 0.2) is 0 Å². The molecular formula is C9H13N5O3. The van der Waals surface area contributed by atoms with E-state index in [-0.39, 0.29) is 23.3 Å². The van der Waals surface area contributed by atoms with Crippen molar-refractivity contribution in [2.75, 3.05) is 18.8 Å². The van der Waals surface area contributed by atoms with Crippen LogP contribution in [0.4, 0.5) is 5.82 Å². The number of amides is 2. The first-order chi connectivity index (χ1) is 8.09. The highest BCUT2D eigenvalue weighted by Crippen LogP contribution is 2.19. The second-order valence-electron chi connectivity index (χ2n) is 3.99. The first kappa shape index (κ1) is 11.4. The maximum atomic E-state index is 12.0. The third kappa shape index (κ3) is 2.19. The van der Waals surface area contributed by atoms with Crippen molar-refractivity contribution in [2.45, 2.75) is 12.8 Å². The number of nitrogens with zero attached hydrogens (tertiary/aromatic N) is 3. The number of rotatable bonds is 2. The number of nitrogen functional groups attached to an aromatic ring is 1. The summed E-state index contributed by atoms with van der Waals surface area (Å²) in [6.07, 6.45) is 1.43. The molecule has 1 aromatic heterocycles. The topological polar surface area (TPSA) is 128 Å². The zero-order chi connectivity index (χ0) is 12.4. The molecule has 8 nitrogen and oxygen atoms in total. The zero-order valence-electron chi connectivity index (χ0n) is 9.13. The number of piperidine rings is 1. The van der Waals surface area contributed by atoms with Gasteiger partial charge in [-0.2, -0.15) is 0 Å². The fraction of sp³-hybridized carbons (Fsp3) is 0.556. The minimum atomic E-state index is -0.395. The van der Waals surface area contributed by atoms with Crippen molar-refractivity contribution in [3.63, 3.8) is 0 Å². The molecule has 2 heterocycles. The van der Waals surface area contributed by atoms with E-state index >= 15 is 0 Å². The summed E-state index contributed by atoms with van der Waals surface area (Å²) in [7, 11) is 0. The summed E-state index contributed by atoms with van der Waals surface area (Å²) in [5.74, 6) is -1.13. The number of aromatic nitrogens is 2. The van der Waals surface area contributed by atoms with Crippen LogP contribution in [0.25, 0.3) is 0 Å². The van der Waals surface area contributed by atoms with Crippen LogP contribution < -0.4 is 11.5 Å². The Morgan fingerprint density at radius 3 is 2.76 bits per heavy atom. The predicted octanol–water partition coefficient (Wildman–Crippen LogP) is -1.01. The third-order valence-corrected chi connectivity index (χ3v) is 2.83. The Hall–Kier alpha value is -2.12. The fourth-order valence-corrected chi connectivity index (χ4v) is 1.89. The van der Waals surface area contributed by atoms with E-state index in [4.69, 9.17) is 11.5 Å². The Morgan fingerprint density at radius 1 is 1.41 bits per heavy atom. The molecule has 0 aromatic carbocycles. The quantitative estimate of drug-likeness (QED) is 0.680. The van der Waals surface area contributed by atoms with E-state index in [9.17, 15) is 9.59 Å². The van der Waals surface area contributed by atoms with E-state index in [0.29, 0.717) is 19.5 Å². The van der Waals surface area contributed by atoms with Crippen LogP contribution in [-0.4, -0.2) is 40.1 Å². The fourth-order valence-electron chi connectivity index (χ4n) is 1.89. The Morgan fingerprint density at radius 2 is 2.18 bits per heavy atom. The number of hydrogen-bond donors (Lipinski definition) is 2. The highest BCUT2D eigenvalue weighted by molar-refractivity contribution is 5.96. The molecule has 1 aliphatic heterocycles. The van der Waals surface area contributed by atoms with Gasteiger partial charge in [-0.3, -0.25) is 9.59 Å². The van der Waals surface area contributed by atoms with Crippen molar-refractivity contribution in [3.05, 3.63) is 5.69 Å². The standard InChI is InChI=1S/C9H13N5O3/c10-7-6(12-17-13-7)9(16)14-3-1-2-5(4-14)8(11)15/h5H,1-4H2,(H2,10,13)(H2,11,15). The van der Waals surface area contributed by atoms with Gasteiger partial charge >= 0.3 is 0 Å². The van der Waals surface area contributed by atoms with Crippen LogP contribution in [0.15, 0.2) is 4.63 Å². The number of likely N-dealkylation sites (tertiary alicyclic amines) is 1. The van der Waals surface area contributed by atoms with Gasteiger partial charge in [-0.05, 0) is 23.2 Å². The molecule has 0 radical (unpaired) electrons. The van der Waals surface area contributed by atoms with Crippen LogP contribution in [-0.2, 0) is 4.79 Å². The van der Waals surface area contributed by atoms with Gasteiger partial charge in [-0.25, -0.2) is 4.63 Å². The molecule has 1 aromatic rings. The molecule has 0 saturated carbocycles. The average Bonchev–Trinajstić information content (AvgIpc) is 2.74. The summed E-state index contributed by atoms with van der Waals surface area (Å²) in [6, 6.07) is 0. The van der Waals surface area contributed by atoms with Crippen molar-refractivity contribution in [1.29, 1.82) is 0 Å². The van der Waals surface area contributed by atoms with Gasteiger partial charge in [0.2, 0.25) is 17.4 Å². The minimum absolute atomic E-state index is 0.0184. The van der Waals surface area contributed by atoms with E-state index < -0.39 is 5.91 Å². The van der Waals surface area contributed by atoms with E-state index in [1.165, 1.54) is 4.90 Å². The van der Waals surface area contributed by atoms with Crippen LogP contribution in [0.1, 0.15) is 23.3 Å². The number of carbonyl (C=O) groups is 2. The third-order valence-electron chi connectivity index (χ3n) is 2.83. The predicted molar refractivity (Wildman–Crippen MR) is 56.5 cm³/mol. The number of anilines is 1. The van der Waals surface area contributed by atoms with Crippen LogP contribution in [0.5, 0.6) is 0 Å². The molecule has 1 aliphatic rings. The Kier molecular flexibility index (Phi) is 2.94. The van der Waals surface area contributed by atoms with Gasteiger partial charge in [-0.15, -0.1) is 0 Å². The van der Waals surface area contributed by atoms with Crippen molar-refractivity contribution in [1.82, 2.24) is 15.2 Å². The maximum Gasteiger partial charge on any atom is 0.280 e. The van der Waals surface area contributed by atoms with E-state index in [0.717, 1.165) is 6.42 Å². The lowest BCUT2D eigenvalue weighted by Crippen LogP contribution is -2.44. The molecule has 1 atom stereocenters. The van der Waals surface area contributed by atoms with Gasteiger partial charge in [0.25, 0.3) is 5.91 Å². The Labute approximate surface area is 96.9 Å². The molecule has 0 spiro atoms. The Bertz CT molecular complexity index is 444. The summed E-state index contributed by atoms with van der Waals surface area (Å²) in [6.45, 7) is 0.843. The first-order valence-electron chi connectivity index (χ1n) is 5.26. The average molecular weight is 239 g/mol. The van der Waals surface area contributed by atoms with Crippen molar-refractivity contribution in [3.8, 4) is 0 Å². The first-order valence-corrected chi connectivity index (χ1v) is 5.26. The van der Waals surface area contributed by atoms with E-state index in [1.807, 2.05) is 0 Å². The second kappa shape index (κ2) is 4.40. The highest BCUT2D eigenvalue weighted by atomic mass is 16.6. The molecule has 1 fully saturated rings. The van der Waals surface area contributed by atoms with Crippen LogP contribution in [0.3, 0.4) is 0 Å². The SMILES string of the molecule is NC(=O)C1CCCN(C(=O)c2nonc2N)C1. The van der Waals surface area contributed by atoms with Crippen molar-refractivity contribution < 1.29 is 14.2 Å². The molecule has 1 unspecified atom stereocenters. The number of nitrogens with two attached hydrogens (primary N) is 2. The molecule has 0 bridgehead atoms. The van der Waals surface area contributed by atoms with Gasteiger partial charge in [0, 0.05) is 13.1 Å². The van der Waals surface area contributed by atoms with E-state index in [1.54, 1.807) is 0 Å². The second-order valence-corrected chi connectivity index (χ2v) is 3.99. The normalized spacial score (nSPS) is 20.2. The lowest BCUT2D eigenvalue weighted by molar-refractivity contribution is -0.123. The molecular weight excluding hydrogens is 226 g/mol.